The van der Waals surface area contributed by atoms with Crippen molar-refractivity contribution in [2.24, 2.45) is 5.73 Å². The highest BCUT2D eigenvalue weighted by Crippen LogP contribution is 2.18. The van der Waals surface area contributed by atoms with Crippen LogP contribution in [0, 0.1) is 0 Å². The van der Waals surface area contributed by atoms with E-state index < -0.39 is 0 Å². The number of rotatable bonds is 3. The minimum atomic E-state index is 0.113. The number of aryl methyl sites for hydroxylation is 1. The van der Waals surface area contributed by atoms with Crippen LogP contribution in [-0.4, -0.2) is 11.5 Å². The molecule has 62 valence electrons. The van der Waals surface area contributed by atoms with Gasteiger partial charge in [-0.25, -0.2) is 0 Å². The van der Waals surface area contributed by atoms with E-state index >= 15 is 0 Å². The van der Waals surface area contributed by atoms with Crippen LogP contribution >= 0.6 is 11.6 Å². The molecule has 0 aliphatic heterocycles. The highest BCUT2D eigenvalue weighted by atomic mass is 35.5. The molecule has 0 spiro atoms. The van der Waals surface area contributed by atoms with Crippen molar-refractivity contribution < 1.29 is 4.42 Å². The molecule has 1 aromatic rings. The Labute approximate surface area is 69.5 Å². The van der Waals surface area contributed by atoms with Crippen LogP contribution in [0.2, 0.25) is 5.15 Å². The Balaban J connectivity index is 2.62. The van der Waals surface area contributed by atoms with E-state index in [1.54, 1.807) is 0 Å². The fourth-order valence-corrected chi connectivity index (χ4v) is 0.983. The normalized spacial score (nSPS) is 10.4. The van der Waals surface area contributed by atoms with Crippen LogP contribution in [0.5, 0.6) is 0 Å². The number of anilines is 1. The van der Waals surface area contributed by atoms with Gasteiger partial charge in [0, 0.05) is 6.42 Å². The van der Waals surface area contributed by atoms with E-state index in [1.807, 2.05) is 0 Å². The van der Waals surface area contributed by atoms with Crippen molar-refractivity contribution in [2.75, 3.05) is 12.3 Å². The van der Waals surface area contributed by atoms with Gasteiger partial charge in [0.15, 0.2) is 5.15 Å². The highest BCUT2D eigenvalue weighted by molar-refractivity contribution is 6.30. The van der Waals surface area contributed by atoms with Crippen LogP contribution in [0.4, 0.5) is 6.01 Å². The van der Waals surface area contributed by atoms with Gasteiger partial charge in [0.1, 0.15) is 5.76 Å². The Morgan fingerprint density at radius 1 is 1.55 bits per heavy atom. The number of hydrogen-bond acceptors (Lipinski definition) is 4. The average Bonchev–Trinajstić information content (AvgIpc) is 2.26. The molecule has 4 N–H and O–H groups in total. The van der Waals surface area contributed by atoms with Crippen LogP contribution in [0.1, 0.15) is 12.2 Å². The van der Waals surface area contributed by atoms with Crippen LogP contribution in [0.25, 0.3) is 0 Å². The zero-order valence-corrected chi connectivity index (χ0v) is 6.77. The summed E-state index contributed by atoms with van der Waals surface area (Å²) in [6.45, 7) is 0.608. The Kier molecular flexibility index (Phi) is 2.73. The van der Waals surface area contributed by atoms with Gasteiger partial charge in [-0.1, -0.05) is 11.6 Å². The molecule has 1 heterocycles. The van der Waals surface area contributed by atoms with Crippen molar-refractivity contribution in [1.82, 2.24) is 4.98 Å². The number of halogens is 1. The molecule has 0 fully saturated rings. The largest absolute Gasteiger partial charge is 0.427 e. The average molecular weight is 176 g/mol. The molecule has 0 aliphatic rings. The van der Waals surface area contributed by atoms with Gasteiger partial charge >= 0.3 is 0 Å². The first-order valence-electron chi connectivity index (χ1n) is 3.34. The first-order valence-corrected chi connectivity index (χ1v) is 3.72. The minimum Gasteiger partial charge on any atom is -0.427 e. The van der Waals surface area contributed by atoms with Crippen LogP contribution in [0.15, 0.2) is 4.42 Å². The number of nitrogen functional groups attached to an aromatic ring is 1. The van der Waals surface area contributed by atoms with Gasteiger partial charge < -0.3 is 15.9 Å². The molecular formula is C6H10ClN3O. The summed E-state index contributed by atoms with van der Waals surface area (Å²) in [7, 11) is 0. The fourth-order valence-electron chi connectivity index (χ4n) is 0.767. The third-order valence-electron chi connectivity index (χ3n) is 1.27. The molecule has 0 bridgehead atoms. The Morgan fingerprint density at radius 2 is 2.27 bits per heavy atom. The van der Waals surface area contributed by atoms with Gasteiger partial charge in [-0.05, 0) is 13.0 Å². The Morgan fingerprint density at radius 3 is 2.73 bits per heavy atom. The van der Waals surface area contributed by atoms with E-state index in [-0.39, 0.29) is 6.01 Å². The molecule has 4 nitrogen and oxygen atoms in total. The van der Waals surface area contributed by atoms with Crippen molar-refractivity contribution in [2.45, 2.75) is 12.8 Å². The van der Waals surface area contributed by atoms with Gasteiger partial charge in [0.05, 0.1) is 0 Å². The van der Waals surface area contributed by atoms with E-state index in [4.69, 9.17) is 27.5 Å². The Hall–Kier alpha value is -0.740. The summed E-state index contributed by atoms with van der Waals surface area (Å²) in [6.07, 6.45) is 1.52. The summed E-state index contributed by atoms with van der Waals surface area (Å²) in [5.74, 6) is 0.620. The van der Waals surface area contributed by atoms with Crippen molar-refractivity contribution >= 4 is 17.6 Å². The zero-order chi connectivity index (χ0) is 8.27. The second-order valence-electron chi connectivity index (χ2n) is 2.16. The SMILES string of the molecule is NCCCc1oc(N)nc1Cl. The molecular weight excluding hydrogens is 166 g/mol. The summed E-state index contributed by atoms with van der Waals surface area (Å²) in [6, 6.07) is 0.113. The quantitative estimate of drug-likeness (QED) is 0.713. The van der Waals surface area contributed by atoms with E-state index in [0.717, 1.165) is 6.42 Å². The molecule has 0 atom stereocenters. The van der Waals surface area contributed by atoms with Gasteiger partial charge in [0.25, 0.3) is 6.01 Å². The lowest BCUT2D eigenvalue weighted by Crippen LogP contribution is -1.99. The van der Waals surface area contributed by atoms with Gasteiger partial charge in [-0.15, -0.1) is 0 Å². The zero-order valence-electron chi connectivity index (χ0n) is 6.01. The molecule has 5 heteroatoms. The molecule has 0 saturated carbocycles. The highest BCUT2D eigenvalue weighted by Gasteiger charge is 2.07. The molecule has 0 aliphatic carbocycles. The number of oxazole rings is 1. The van der Waals surface area contributed by atoms with Gasteiger partial charge in [-0.2, -0.15) is 4.98 Å². The summed E-state index contributed by atoms with van der Waals surface area (Å²) in [5, 5.41) is 0.343. The van der Waals surface area contributed by atoms with E-state index in [2.05, 4.69) is 4.98 Å². The minimum absolute atomic E-state index is 0.113. The lowest BCUT2D eigenvalue weighted by atomic mass is 10.3. The molecule has 0 aromatic carbocycles. The lowest BCUT2D eigenvalue weighted by Gasteiger charge is -1.91. The number of nitrogens with two attached hydrogens (primary N) is 2. The number of nitrogens with zero attached hydrogens (tertiary/aromatic N) is 1. The molecule has 0 unspecified atom stereocenters. The van der Waals surface area contributed by atoms with Crippen molar-refractivity contribution in [3.8, 4) is 0 Å². The standard InChI is InChI=1S/C6H10ClN3O/c7-5-4(2-1-3-8)11-6(9)10-5/h1-3,8H2,(H2,9,10). The molecule has 0 radical (unpaired) electrons. The fraction of sp³-hybridized carbons (Fsp3) is 0.500. The summed E-state index contributed by atoms with van der Waals surface area (Å²) in [4.78, 5) is 3.70. The molecule has 0 amide bonds. The third kappa shape index (κ3) is 2.10. The van der Waals surface area contributed by atoms with Gasteiger partial charge in [-0.3, -0.25) is 0 Å². The maximum Gasteiger partial charge on any atom is 0.293 e. The third-order valence-corrected chi connectivity index (χ3v) is 1.57. The van der Waals surface area contributed by atoms with Crippen LogP contribution in [0.3, 0.4) is 0 Å². The second kappa shape index (κ2) is 3.59. The molecule has 11 heavy (non-hydrogen) atoms. The number of aromatic nitrogens is 1. The smallest absolute Gasteiger partial charge is 0.293 e. The van der Waals surface area contributed by atoms with E-state index in [9.17, 15) is 0 Å². The van der Waals surface area contributed by atoms with Crippen molar-refractivity contribution in [3.05, 3.63) is 10.9 Å². The van der Waals surface area contributed by atoms with Crippen LogP contribution < -0.4 is 11.5 Å². The monoisotopic (exact) mass is 175 g/mol. The Bertz CT molecular complexity index is 236. The summed E-state index contributed by atoms with van der Waals surface area (Å²) >= 11 is 5.66. The lowest BCUT2D eigenvalue weighted by molar-refractivity contribution is 0.516. The van der Waals surface area contributed by atoms with E-state index in [1.165, 1.54) is 0 Å². The van der Waals surface area contributed by atoms with Crippen molar-refractivity contribution in [1.29, 1.82) is 0 Å². The predicted molar refractivity (Wildman–Crippen MR) is 43.3 cm³/mol. The van der Waals surface area contributed by atoms with Crippen LogP contribution in [-0.2, 0) is 6.42 Å². The first-order chi connectivity index (χ1) is 5.24. The molecule has 1 rings (SSSR count). The number of hydrogen-bond donors (Lipinski definition) is 2. The summed E-state index contributed by atoms with van der Waals surface area (Å²) in [5.41, 5.74) is 10.6. The maximum absolute atomic E-state index is 5.66. The van der Waals surface area contributed by atoms with Gasteiger partial charge in [0.2, 0.25) is 0 Å². The second-order valence-corrected chi connectivity index (χ2v) is 2.52. The molecule has 0 saturated heterocycles. The van der Waals surface area contributed by atoms with E-state index in [0.29, 0.717) is 23.9 Å². The maximum atomic E-state index is 5.66. The topological polar surface area (TPSA) is 78.1 Å². The molecule has 1 aromatic heterocycles. The van der Waals surface area contributed by atoms with Crippen molar-refractivity contribution in [3.63, 3.8) is 0 Å². The predicted octanol–water partition coefficient (Wildman–Crippen LogP) is 0.802. The summed E-state index contributed by atoms with van der Waals surface area (Å²) < 4.78 is 5.00. The first kappa shape index (κ1) is 8.36.